The van der Waals surface area contributed by atoms with Crippen LogP contribution in [0.5, 0.6) is 0 Å². The number of carbonyl (C=O) groups is 2. The van der Waals surface area contributed by atoms with Gasteiger partial charge in [0.15, 0.2) is 0 Å². The van der Waals surface area contributed by atoms with Crippen LogP contribution < -0.4 is 5.32 Å². The van der Waals surface area contributed by atoms with Gasteiger partial charge in [-0.15, -0.1) is 0 Å². The summed E-state index contributed by atoms with van der Waals surface area (Å²) in [5.41, 5.74) is -0.837. The van der Waals surface area contributed by atoms with Crippen molar-refractivity contribution in [3.8, 4) is 0 Å². The monoisotopic (exact) mass is 410 g/mol. The van der Waals surface area contributed by atoms with E-state index in [1.165, 1.54) is 24.8 Å². The Bertz CT molecular complexity index is 815. The maximum atomic E-state index is 11.5. The first-order valence-corrected chi connectivity index (χ1v) is 8.82. The number of nitro benzene ring substituents is 2. The molecule has 3 atom stereocenters. The van der Waals surface area contributed by atoms with Gasteiger partial charge in [-0.25, -0.2) is 0 Å². The van der Waals surface area contributed by atoms with E-state index in [4.69, 9.17) is 9.47 Å². The van der Waals surface area contributed by atoms with E-state index in [2.05, 4.69) is 5.32 Å². The molecule has 0 saturated carbocycles. The van der Waals surface area contributed by atoms with Crippen molar-refractivity contribution in [3.05, 3.63) is 38.4 Å². The number of hydrogen-bond acceptors (Lipinski definition) is 9. The normalized spacial score (nSPS) is 21.1. The number of benzene rings is 1. The smallest absolute Gasteiger partial charge is 0.305 e. The molecule has 1 N–H and O–H groups in total. The first kappa shape index (κ1) is 22.0. The Labute approximate surface area is 166 Å². The fraction of sp³-hybridized carbons (Fsp3) is 0.529. The van der Waals surface area contributed by atoms with E-state index in [-0.39, 0.29) is 17.7 Å². The maximum Gasteiger partial charge on any atom is 0.305 e. The van der Waals surface area contributed by atoms with Crippen molar-refractivity contribution in [1.29, 1.82) is 0 Å². The first-order chi connectivity index (χ1) is 13.6. The van der Waals surface area contributed by atoms with Crippen molar-refractivity contribution >= 4 is 28.9 Å². The van der Waals surface area contributed by atoms with Crippen LogP contribution in [-0.2, 0) is 19.1 Å². The molecule has 0 radical (unpaired) electrons. The first-order valence-electron chi connectivity index (χ1n) is 8.82. The molecule has 1 heterocycles. The van der Waals surface area contributed by atoms with Gasteiger partial charge in [0.25, 0.3) is 11.4 Å². The number of ether oxygens (including phenoxy) is 2. The molecule has 12 nitrogen and oxygen atoms in total. The number of likely N-dealkylation sites (N-methyl/N-ethyl adjacent to an activating group) is 1. The zero-order chi connectivity index (χ0) is 21.7. The van der Waals surface area contributed by atoms with Crippen LogP contribution in [0, 0.1) is 20.2 Å². The lowest BCUT2D eigenvalue weighted by molar-refractivity contribution is -0.393. The van der Waals surface area contributed by atoms with Crippen LogP contribution in [0.3, 0.4) is 0 Å². The van der Waals surface area contributed by atoms with Gasteiger partial charge in [-0.3, -0.25) is 29.8 Å². The lowest BCUT2D eigenvalue weighted by Crippen LogP contribution is -2.48. The zero-order valence-corrected chi connectivity index (χ0v) is 16.2. The number of carbonyl (C=O) groups excluding carboxylic acids is 2. The molecule has 1 aliphatic heterocycles. The van der Waals surface area contributed by atoms with E-state index >= 15 is 0 Å². The van der Waals surface area contributed by atoms with E-state index < -0.39 is 39.5 Å². The van der Waals surface area contributed by atoms with Crippen LogP contribution in [-0.4, -0.2) is 58.7 Å². The standard InChI is InChI=1S/C17H22N4O8/c1-10(22)19(3)9-13-5-7-15(17(29-13)28-11(2)23)18-14-6-4-12(20(24)25)8-16(14)21(26)27/h4,6,8,13,15,17-18H,5,7,9H2,1-3H3/t13-,15+,17-/m0/s1. The van der Waals surface area contributed by atoms with E-state index in [0.717, 1.165) is 12.1 Å². The molecule has 158 valence electrons. The van der Waals surface area contributed by atoms with Gasteiger partial charge in [-0.2, -0.15) is 0 Å². The lowest BCUT2D eigenvalue weighted by atomic mass is 10.0. The summed E-state index contributed by atoms with van der Waals surface area (Å²) < 4.78 is 11.0. The summed E-state index contributed by atoms with van der Waals surface area (Å²) in [5.74, 6) is -0.736. The molecule has 0 aliphatic carbocycles. The highest BCUT2D eigenvalue weighted by molar-refractivity contribution is 5.72. The van der Waals surface area contributed by atoms with Gasteiger partial charge in [0.2, 0.25) is 12.2 Å². The van der Waals surface area contributed by atoms with Crippen LogP contribution in [0.15, 0.2) is 18.2 Å². The maximum absolute atomic E-state index is 11.5. The highest BCUT2D eigenvalue weighted by Crippen LogP contribution is 2.32. The van der Waals surface area contributed by atoms with Crippen molar-refractivity contribution in [2.24, 2.45) is 0 Å². The molecular weight excluding hydrogens is 388 g/mol. The third-order valence-corrected chi connectivity index (χ3v) is 4.48. The van der Waals surface area contributed by atoms with Crippen molar-refractivity contribution in [3.63, 3.8) is 0 Å². The molecule has 1 aromatic rings. The van der Waals surface area contributed by atoms with Crippen molar-refractivity contribution in [2.45, 2.75) is 45.1 Å². The Kier molecular flexibility index (Phi) is 7.04. The second-order valence-corrected chi connectivity index (χ2v) is 6.68. The largest absolute Gasteiger partial charge is 0.434 e. The van der Waals surface area contributed by atoms with E-state index in [1.54, 1.807) is 7.05 Å². The van der Waals surface area contributed by atoms with Crippen LogP contribution in [0.2, 0.25) is 0 Å². The van der Waals surface area contributed by atoms with Gasteiger partial charge in [0.1, 0.15) is 5.69 Å². The molecule has 0 bridgehead atoms. The number of non-ortho nitro benzene ring substituents is 1. The van der Waals surface area contributed by atoms with E-state index in [9.17, 15) is 29.8 Å². The number of hydrogen-bond donors (Lipinski definition) is 1. The number of amides is 1. The summed E-state index contributed by atoms with van der Waals surface area (Å²) in [6.45, 7) is 2.93. The van der Waals surface area contributed by atoms with E-state index in [1.807, 2.05) is 0 Å². The van der Waals surface area contributed by atoms with Crippen molar-refractivity contribution in [1.82, 2.24) is 4.90 Å². The molecule has 1 fully saturated rings. The number of nitrogens with zero attached hydrogens (tertiary/aromatic N) is 3. The van der Waals surface area contributed by atoms with Gasteiger partial charge >= 0.3 is 5.97 Å². The van der Waals surface area contributed by atoms with Gasteiger partial charge in [-0.05, 0) is 18.9 Å². The Hall–Kier alpha value is -3.28. The predicted molar refractivity (Wildman–Crippen MR) is 100 cm³/mol. The SMILES string of the molecule is CC(=O)O[C@H]1O[C@H](CN(C)C(C)=O)CC[C@H]1Nc1ccc([N+](=O)[O-])cc1[N+](=O)[O-]. The zero-order valence-electron chi connectivity index (χ0n) is 16.2. The molecule has 0 aromatic heterocycles. The van der Waals surface area contributed by atoms with Crippen molar-refractivity contribution < 1.29 is 28.9 Å². The summed E-state index contributed by atoms with van der Waals surface area (Å²) in [6.07, 6.45) is -0.476. The number of nitrogens with one attached hydrogen (secondary N) is 1. The average molecular weight is 410 g/mol. The molecule has 2 rings (SSSR count). The fourth-order valence-electron chi connectivity index (χ4n) is 2.94. The van der Waals surface area contributed by atoms with Crippen LogP contribution in [0.25, 0.3) is 0 Å². The molecule has 1 saturated heterocycles. The summed E-state index contributed by atoms with van der Waals surface area (Å²) in [4.78, 5) is 45.1. The summed E-state index contributed by atoms with van der Waals surface area (Å²) in [6, 6.07) is 2.62. The van der Waals surface area contributed by atoms with Crippen LogP contribution in [0.1, 0.15) is 26.7 Å². The molecule has 1 aromatic carbocycles. The molecule has 0 spiro atoms. The number of anilines is 1. The molecule has 12 heteroatoms. The number of rotatable bonds is 7. The van der Waals surface area contributed by atoms with Crippen LogP contribution >= 0.6 is 0 Å². The van der Waals surface area contributed by atoms with Gasteiger partial charge in [-0.1, -0.05) is 0 Å². The predicted octanol–water partition coefficient (Wildman–Crippen LogP) is 1.83. The Balaban J connectivity index is 2.20. The summed E-state index contributed by atoms with van der Waals surface area (Å²) in [5, 5.41) is 25.1. The molecule has 29 heavy (non-hydrogen) atoms. The lowest BCUT2D eigenvalue weighted by Gasteiger charge is -2.37. The van der Waals surface area contributed by atoms with Gasteiger partial charge in [0, 0.05) is 33.5 Å². The Morgan fingerprint density at radius 2 is 1.93 bits per heavy atom. The third-order valence-electron chi connectivity index (χ3n) is 4.48. The molecule has 1 aliphatic rings. The minimum atomic E-state index is -1.04. The summed E-state index contributed by atoms with van der Waals surface area (Å²) >= 11 is 0. The molecule has 1 amide bonds. The average Bonchev–Trinajstić information content (AvgIpc) is 2.63. The molecular formula is C17H22N4O8. The third kappa shape index (κ3) is 5.85. The summed E-state index contributed by atoms with van der Waals surface area (Å²) in [7, 11) is 1.62. The number of nitro groups is 2. The second kappa shape index (κ2) is 9.28. The van der Waals surface area contributed by atoms with Gasteiger partial charge < -0.3 is 19.7 Å². The highest BCUT2D eigenvalue weighted by Gasteiger charge is 2.35. The quantitative estimate of drug-likeness (QED) is 0.402. The van der Waals surface area contributed by atoms with Crippen LogP contribution in [0.4, 0.5) is 17.1 Å². The Morgan fingerprint density at radius 3 is 2.48 bits per heavy atom. The van der Waals surface area contributed by atoms with E-state index in [0.29, 0.717) is 19.4 Å². The minimum absolute atomic E-state index is 0.0469. The Morgan fingerprint density at radius 1 is 1.24 bits per heavy atom. The van der Waals surface area contributed by atoms with Gasteiger partial charge in [0.05, 0.1) is 28.1 Å². The number of esters is 1. The van der Waals surface area contributed by atoms with Crippen molar-refractivity contribution in [2.75, 3.05) is 18.9 Å². The topological polar surface area (TPSA) is 154 Å². The molecule has 0 unspecified atom stereocenters. The fourth-order valence-corrected chi connectivity index (χ4v) is 2.94. The minimum Gasteiger partial charge on any atom is -0.434 e. The second-order valence-electron chi connectivity index (χ2n) is 6.68. The highest BCUT2D eigenvalue weighted by atomic mass is 16.7.